The van der Waals surface area contributed by atoms with Gasteiger partial charge in [0, 0.05) is 6.54 Å². The molecule has 0 aliphatic heterocycles. The maximum atomic E-state index is 10.8. The Labute approximate surface area is 81.4 Å². The first-order valence-electron chi connectivity index (χ1n) is 4.17. The number of ether oxygens (including phenoxy) is 1. The van der Waals surface area contributed by atoms with Gasteiger partial charge in [0.25, 0.3) is 0 Å². The molecule has 0 saturated carbocycles. The van der Waals surface area contributed by atoms with Crippen molar-refractivity contribution in [1.29, 1.82) is 0 Å². The fraction of sp³-hybridized carbons (Fsp3) is 0.625. The molecule has 0 heterocycles. The van der Waals surface area contributed by atoms with Gasteiger partial charge in [0.1, 0.15) is 6.54 Å². The topological polar surface area (TPSA) is 83.9 Å². The molecule has 6 nitrogen and oxygen atoms in total. The fourth-order valence-electron chi connectivity index (χ4n) is 0.811. The molecule has 0 aromatic heterocycles. The molecule has 0 bridgehead atoms. The molecule has 0 fully saturated rings. The molecular formula is C8H13NO5. The Kier molecular flexibility index (Phi) is 6.09. The SMILES string of the molecule is CCOC(=O)CCN(C=O)CC(=O)O. The number of hydrogen-bond acceptors (Lipinski definition) is 4. The van der Waals surface area contributed by atoms with Crippen molar-refractivity contribution >= 4 is 18.3 Å². The fourth-order valence-corrected chi connectivity index (χ4v) is 0.811. The van der Waals surface area contributed by atoms with Crippen LogP contribution in [0.4, 0.5) is 0 Å². The third-order valence-electron chi connectivity index (χ3n) is 1.40. The van der Waals surface area contributed by atoms with Gasteiger partial charge < -0.3 is 14.7 Å². The molecule has 0 aliphatic rings. The second-order valence-electron chi connectivity index (χ2n) is 2.52. The van der Waals surface area contributed by atoms with Crippen LogP contribution in [0.5, 0.6) is 0 Å². The number of rotatable bonds is 7. The van der Waals surface area contributed by atoms with E-state index >= 15 is 0 Å². The largest absolute Gasteiger partial charge is 0.480 e. The Morgan fingerprint density at radius 3 is 2.57 bits per heavy atom. The molecule has 0 radical (unpaired) electrons. The summed E-state index contributed by atoms with van der Waals surface area (Å²) in [5.74, 6) is -1.55. The summed E-state index contributed by atoms with van der Waals surface area (Å²) in [5, 5.41) is 8.37. The number of carboxylic acids is 1. The standard InChI is InChI=1S/C8H13NO5/c1-2-14-8(13)3-4-9(6-10)5-7(11)12/h6H,2-5H2,1H3,(H,11,12). The molecule has 0 aromatic carbocycles. The Hall–Kier alpha value is -1.59. The first-order valence-corrected chi connectivity index (χ1v) is 4.17. The summed E-state index contributed by atoms with van der Waals surface area (Å²) >= 11 is 0. The van der Waals surface area contributed by atoms with Gasteiger partial charge in [-0.05, 0) is 6.92 Å². The number of hydrogen-bond donors (Lipinski definition) is 1. The minimum absolute atomic E-state index is 0.0137. The number of carbonyl (C=O) groups is 3. The van der Waals surface area contributed by atoms with E-state index in [0.29, 0.717) is 6.41 Å². The van der Waals surface area contributed by atoms with E-state index in [1.165, 1.54) is 0 Å². The third-order valence-corrected chi connectivity index (χ3v) is 1.40. The monoisotopic (exact) mass is 203 g/mol. The van der Waals surface area contributed by atoms with E-state index in [-0.39, 0.29) is 19.6 Å². The summed E-state index contributed by atoms with van der Waals surface area (Å²) in [4.78, 5) is 32.4. The van der Waals surface area contributed by atoms with Crippen molar-refractivity contribution < 1.29 is 24.2 Å². The highest BCUT2D eigenvalue weighted by Gasteiger charge is 2.09. The minimum Gasteiger partial charge on any atom is -0.480 e. The van der Waals surface area contributed by atoms with Crippen molar-refractivity contribution in [2.45, 2.75) is 13.3 Å². The lowest BCUT2D eigenvalue weighted by molar-refractivity contribution is -0.145. The number of carbonyl (C=O) groups excluding carboxylic acids is 2. The quantitative estimate of drug-likeness (QED) is 0.444. The van der Waals surface area contributed by atoms with Gasteiger partial charge in [0.15, 0.2) is 0 Å². The maximum absolute atomic E-state index is 10.8. The van der Waals surface area contributed by atoms with Crippen molar-refractivity contribution in [3.63, 3.8) is 0 Å². The van der Waals surface area contributed by atoms with Crippen LogP contribution in [0.1, 0.15) is 13.3 Å². The van der Waals surface area contributed by atoms with Gasteiger partial charge in [0.05, 0.1) is 13.0 Å². The summed E-state index contributed by atoms with van der Waals surface area (Å²) in [6, 6.07) is 0. The number of esters is 1. The van der Waals surface area contributed by atoms with Crippen LogP contribution in [-0.2, 0) is 19.1 Å². The Bertz CT molecular complexity index is 216. The zero-order valence-electron chi connectivity index (χ0n) is 7.93. The molecule has 6 heteroatoms. The predicted octanol–water partition coefficient (Wildman–Crippen LogP) is -0.517. The van der Waals surface area contributed by atoms with Gasteiger partial charge in [-0.25, -0.2) is 0 Å². The minimum atomic E-state index is -1.11. The van der Waals surface area contributed by atoms with E-state index in [2.05, 4.69) is 4.74 Å². The highest BCUT2D eigenvalue weighted by atomic mass is 16.5. The first kappa shape index (κ1) is 12.4. The average Bonchev–Trinajstić information content (AvgIpc) is 2.12. The van der Waals surface area contributed by atoms with E-state index in [4.69, 9.17) is 5.11 Å². The van der Waals surface area contributed by atoms with Gasteiger partial charge >= 0.3 is 11.9 Å². The summed E-state index contributed by atoms with van der Waals surface area (Å²) in [5.41, 5.74) is 0. The van der Waals surface area contributed by atoms with Crippen LogP contribution in [0, 0.1) is 0 Å². The van der Waals surface area contributed by atoms with Crippen LogP contribution < -0.4 is 0 Å². The molecular weight excluding hydrogens is 190 g/mol. The molecule has 0 aliphatic carbocycles. The van der Waals surface area contributed by atoms with Gasteiger partial charge in [0.2, 0.25) is 6.41 Å². The summed E-state index contributed by atoms with van der Waals surface area (Å²) < 4.78 is 4.61. The Morgan fingerprint density at radius 2 is 2.14 bits per heavy atom. The summed E-state index contributed by atoms with van der Waals surface area (Å²) in [6.07, 6.45) is 0.410. The van der Waals surface area contributed by atoms with Crippen LogP contribution in [0.25, 0.3) is 0 Å². The molecule has 0 unspecified atom stereocenters. The summed E-state index contributed by atoms with van der Waals surface area (Å²) in [6.45, 7) is 1.61. The highest BCUT2D eigenvalue weighted by Crippen LogP contribution is 1.91. The van der Waals surface area contributed by atoms with E-state index in [1.807, 2.05) is 0 Å². The first-order chi connectivity index (χ1) is 6.60. The van der Waals surface area contributed by atoms with E-state index in [1.54, 1.807) is 6.92 Å². The molecule has 0 rings (SSSR count). The molecule has 80 valence electrons. The number of nitrogens with zero attached hydrogens (tertiary/aromatic N) is 1. The van der Waals surface area contributed by atoms with Crippen molar-refractivity contribution in [2.24, 2.45) is 0 Å². The second kappa shape index (κ2) is 6.88. The molecule has 1 N–H and O–H groups in total. The second-order valence-corrected chi connectivity index (χ2v) is 2.52. The van der Waals surface area contributed by atoms with Gasteiger partial charge in [-0.2, -0.15) is 0 Å². The number of aliphatic carboxylic acids is 1. The number of carboxylic acid groups (broad SMARTS) is 1. The van der Waals surface area contributed by atoms with Crippen LogP contribution in [0.2, 0.25) is 0 Å². The molecule has 1 amide bonds. The summed E-state index contributed by atoms with van der Waals surface area (Å²) in [7, 11) is 0. The smallest absolute Gasteiger partial charge is 0.323 e. The lowest BCUT2D eigenvalue weighted by Crippen LogP contribution is -2.30. The highest BCUT2D eigenvalue weighted by molar-refractivity contribution is 5.73. The molecule has 0 aromatic rings. The Morgan fingerprint density at radius 1 is 1.50 bits per heavy atom. The average molecular weight is 203 g/mol. The van der Waals surface area contributed by atoms with Crippen LogP contribution >= 0.6 is 0 Å². The maximum Gasteiger partial charge on any atom is 0.323 e. The van der Waals surface area contributed by atoms with Crippen LogP contribution in [0.3, 0.4) is 0 Å². The predicted molar refractivity (Wildman–Crippen MR) is 46.5 cm³/mol. The van der Waals surface area contributed by atoms with Crippen molar-refractivity contribution in [1.82, 2.24) is 4.90 Å². The molecule has 14 heavy (non-hydrogen) atoms. The van der Waals surface area contributed by atoms with Crippen molar-refractivity contribution in [3.05, 3.63) is 0 Å². The third kappa shape index (κ3) is 5.99. The zero-order valence-corrected chi connectivity index (χ0v) is 7.93. The Balaban J connectivity index is 3.77. The zero-order chi connectivity index (χ0) is 11.0. The molecule has 0 spiro atoms. The van der Waals surface area contributed by atoms with Gasteiger partial charge in [-0.1, -0.05) is 0 Å². The van der Waals surface area contributed by atoms with Gasteiger partial charge in [-0.15, -0.1) is 0 Å². The van der Waals surface area contributed by atoms with Crippen molar-refractivity contribution in [3.8, 4) is 0 Å². The normalized spacial score (nSPS) is 9.21. The van der Waals surface area contributed by atoms with Crippen molar-refractivity contribution in [2.75, 3.05) is 19.7 Å². The van der Waals surface area contributed by atoms with Crippen LogP contribution in [0.15, 0.2) is 0 Å². The van der Waals surface area contributed by atoms with Crippen LogP contribution in [-0.4, -0.2) is 48.1 Å². The molecule has 0 atom stereocenters. The van der Waals surface area contributed by atoms with E-state index in [0.717, 1.165) is 4.90 Å². The van der Waals surface area contributed by atoms with E-state index < -0.39 is 18.5 Å². The molecule has 0 saturated heterocycles. The van der Waals surface area contributed by atoms with Gasteiger partial charge in [-0.3, -0.25) is 14.4 Å². The van der Waals surface area contributed by atoms with E-state index in [9.17, 15) is 14.4 Å². The lowest BCUT2D eigenvalue weighted by Gasteiger charge is -2.13. The lowest BCUT2D eigenvalue weighted by atomic mass is 10.4. The number of amides is 1.